The zero-order valence-corrected chi connectivity index (χ0v) is 12.7. The molecule has 1 saturated heterocycles. The zero-order valence-electron chi connectivity index (χ0n) is 11.1. The third kappa shape index (κ3) is 3.16. The van der Waals surface area contributed by atoms with E-state index in [9.17, 15) is 14.9 Å². The summed E-state index contributed by atoms with van der Waals surface area (Å²) >= 11 is 3.20. The molecule has 2 rings (SSSR count). The van der Waals surface area contributed by atoms with Gasteiger partial charge in [-0.1, -0.05) is 22.9 Å². The van der Waals surface area contributed by atoms with Gasteiger partial charge < -0.3 is 10.6 Å². The molecule has 6 nitrogen and oxygen atoms in total. The number of nitro groups is 1. The average molecular weight is 342 g/mol. The van der Waals surface area contributed by atoms with Crippen LogP contribution in [0.3, 0.4) is 0 Å². The van der Waals surface area contributed by atoms with Crippen LogP contribution in [0.1, 0.15) is 23.7 Å². The van der Waals surface area contributed by atoms with E-state index in [2.05, 4.69) is 15.9 Å². The molecule has 1 aliphatic heterocycles. The fourth-order valence-electron chi connectivity index (χ4n) is 2.33. The molecule has 108 valence electrons. The summed E-state index contributed by atoms with van der Waals surface area (Å²) < 4.78 is 0.525. The predicted octanol–water partition coefficient (Wildman–Crippen LogP) is 2.17. The van der Waals surface area contributed by atoms with Crippen LogP contribution in [0.2, 0.25) is 0 Å². The number of non-ortho nitro benzene ring substituents is 1. The molecule has 2 unspecified atom stereocenters. The maximum absolute atomic E-state index is 12.4. The number of hydrogen-bond acceptors (Lipinski definition) is 4. The van der Waals surface area contributed by atoms with Gasteiger partial charge >= 0.3 is 0 Å². The highest BCUT2D eigenvalue weighted by Gasteiger charge is 2.27. The second-order valence-electron chi connectivity index (χ2n) is 5.14. The summed E-state index contributed by atoms with van der Waals surface area (Å²) in [5, 5.41) is 10.8. The first kappa shape index (κ1) is 14.9. The van der Waals surface area contributed by atoms with Gasteiger partial charge in [-0.3, -0.25) is 14.9 Å². The van der Waals surface area contributed by atoms with Gasteiger partial charge in [-0.05, 0) is 18.4 Å². The molecule has 1 aromatic rings. The first-order valence-corrected chi connectivity index (χ1v) is 7.17. The van der Waals surface area contributed by atoms with Crippen molar-refractivity contribution in [2.24, 2.45) is 11.7 Å². The van der Waals surface area contributed by atoms with Gasteiger partial charge in [0, 0.05) is 41.3 Å². The lowest BCUT2D eigenvalue weighted by Crippen LogP contribution is -2.48. The smallest absolute Gasteiger partial charge is 0.271 e. The quantitative estimate of drug-likeness (QED) is 0.659. The summed E-state index contributed by atoms with van der Waals surface area (Å²) in [6.07, 6.45) is 0.753. The number of halogens is 1. The number of amides is 1. The van der Waals surface area contributed by atoms with Gasteiger partial charge in [0.2, 0.25) is 0 Å². The van der Waals surface area contributed by atoms with Gasteiger partial charge in [0.1, 0.15) is 0 Å². The van der Waals surface area contributed by atoms with E-state index in [1.807, 2.05) is 6.92 Å². The third-order valence-electron chi connectivity index (χ3n) is 3.60. The van der Waals surface area contributed by atoms with Crippen molar-refractivity contribution in [3.8, 4) is 0 Å². The number of hydrogen-bond donors (Lipinski definition) is 1. The molecule has 1 aliphatic rings. The molecule has 0 saturated carbocycles. The van der Waals surface area contributed by atoms with Crippen molar-refractivity contribution in [1.82, 2.24) is 4.90 Å². The summed E-state index contributed by atoms with van der Waals surface area (Å²) in [6, 6.07) is 4.41. The van der Waals surface area contributed by atoms with Gasteiger partial charge in [-0.15, -0.1) is 0 Å². The van der Waals surface area contributed by atoms with Crippen LogP contribution in [0.4, 0.5) is 5.69 Å². The van der Waals surface area contributed by atoms with Gasteiger partial charge in [-0.25, -0.2) is 0 Å². The number of nitrogens with zero attached hydrogens (tertiary/aromatic N) is 2. The van der Waals surface area contributed by atoms with Crippen LogP contribution in [0.25, 0.3) is 0 Å². The highest BCUT2D eigenvalue weighted by Crippen LogP contribution is 2.24. The zero-order chi connectivity index (χ0) is 14.9. The Morgan fingerprint density at radius 2 is 2.20 bits per heavy atom. The molecular formula is C13H16BrN3O3. The summed E-state index contributed by atoms with van der Waals surface area (Å²) in [5.74, 6) is 0.0444. The van der Waals surface area contributed by atoms with E-state index in [1.54, 1.807) is 11.0 Å². The minimum Gasteiger partial charge on any atom is -0.338 e. The molecule has 1 aromatic carbocycles. The molecule has 0 spiro atoms. The molecule has 2 N–H and O–H groups in total. The van der Waals surface area contributed by atoms with Crippen LogP contribution >= 0.6 is 15.9 Å². The second kappa shape index (κ2) is 5.88. The van der Waals surface area contributed by atoms with E-state index in [-0.39, 0.29) is 23.6 Å². The number of nitro benzene ring substituents is 1. The lowest BCUT2D eigenvalue weighted by atomic mass is 9.94. The lowest BCUT2D eigenvalue weighted by Gasteiger charge is -2.35. The standard InChI is InChI=1S/C13H16BrN3O3/c1-8-7-16(3-2-12(8)15)13(18)9-4-10(14)6-11(5-9)17(19)20/h4-6,8,12H,2-3,7,15H2,1H3. The highest BCUT2D eigenvalue weighted by molar-refractivity contribution is 9.10. The second-order valence-corrected chi connectivity index (χ2v) is 6.05. The van der Waals surface area contributed by atoms with Crippen molar-refractivity contribution in [3.63, 3.8) is 0 Å². The molecule has 1 amide bonds. The minimum atomic E-state index is -0.504. The molecule has 0 radical (unpaired) electrons. The van der Waals surface area contributed by atoms with Crippen molar-refractivity contribution in [2.75, 3.05) is 13.1 Å². The van der Waals surface area contributed by atoms with Crippen molar-refractivity contribution >= 4 is 27.5 Å². The Balaban J connectivity index is 2.23. The Morgan fingerprint density at radius 1 is 1.50 bits per heavy atom. The number of likely N-dealkylation sites (tertiary alicyclic amines) is 1. The molecule has 0 aromatic heterocycles. The predicted molar refractivity (Wildman–Crippen MR) is 78.5 cm³/mol. The number of benzene rings is 1. The van der Waals surface area contributed by atoms with E-state index < -0.39 is 4.92 Å². The van der Waals surface area contributed by atoms with E-state index in [4.69, 9.17) is 5.73 Å². The molecule has 0 bridgehead atoms. The van der Waals surface area contributed by atoms with Crippen LogP contribution in [0, 0.1) is 16.0 Å². The number of carbonyl (C=O) groups is 1. The van der Waals surface area contributed by atoms with Gasteiger partial charge in [0.15, 0.2) is 0 Å². The van der Waals surface area contributed by atoms with Crippen molar-refractivity contribution in [2.45, 2.75) is 19.4 Å². The number of piperidine rings is 1. The van der Waals surface area contributed by atoms with Gasteiger partial charge in [0.05, 0.1) is 4.92 Å². The van der Waals surface area contributed by atoms with E-state index in [0.29, 0.717) is 23.1 Å². The number of nitrogens with two attached hydrogens (primary N) is 1. The summed E-state index contributed by atoms with van der Waals surface area (Å²) in [5.41, 5.74) is 6.17. The van der Waals surface area contributed by atoms with Crippen molar-refractivity contribution < 1.29 is 9.72 Å². The van der Waals surface area contributed by atoms with Gasteiger partial charge in [0.25, 0.3) is 11.6 Å². The molecule has 0 aliphatic carbocycles. The van der Waals surface area contributed by atoms with Crippen LogP contribution in [0.15, 0.2) is 22.7 Å². The Kier molecular flexibility index (Phi) is 4.39. The van der Waals surface area contributed by atoms with Crippen LogP contribution in [-0.2, 0) is 0 Å². The van der Waals surface area contributed by atoms with E-state index >= 15 is 0 Å². The highest BCUT2D eigenvalue weighted by atomic mass is 79.9. The Hall–Kier alpha value is -1.47. The van der Waals surface area contributed by atoms with Crippen molar-refractivity contribution in [1.29, 1.82) is 0 Å². The van der Waals surface area contributed by atoms with Crippen molar-refractivity contribution in [3.05, 3.63) is 38.3 Å². The molecular weight excluding hydrogens is 326 g/mol. The molecule has 20 heavy (non-hydrogen) atoms. The summed E-state index contributed by atoms with van der Waals surface area (Å²) in [7, 11) is 0. The SMILES string of the molecule is CC1CN(C(=O)c2cc(Br)cc([N+](=O)[O-])c2)CCC1N. The first-order chi connectivity index (χ1) is 9.38. The molecule has 7 heteroatoms. The monoisotopic (exact) mass is 341 g/mol. The van der Waals surface area contributed by atoms with E-state index in [1.165, 1.54) is 12.1 Å². The maximum atomic E-state index is 12.4. The van der Waals surface area contributed by atoms with Crippen LogP contribution in [-0.4, -0.2) is 34.9 Å². The summed E-state index contributed by atoms with van der Waals surface area (Å²) in [4.78, 5) is 24.5. The van der Waals surface area contributed by atoms with Crippen LogP contribution < -0.4 is 5.73 Å². The summed E-state index contributed by atoms with van der Waals surface area (Å²) in [6.45, 7) is 3.18. The average Bonchev–Trinajstić information content (AvgIpc) is 2.40. The Labute approximate surface area is 125 Å². The number of rotatable bonds is 2. The Morgan fingerprint density at radius 3 is 2.80 bits per heavy atom. The largest absolute Gasteiger partial charge is 0.338 e. The topological polar surface area (TPSA) is 89.5 Å². The Bertz CT molecular complexity index is 550. The molecule has 1 fully saturated rings. The third-order valence-corrected chi connectivity index (χ3v) is 4.06. The van der Waals surface area contributed by atoms with E-state index in [0.717, 1.165) is 6.42 Å². The lowest BCUT2D eigenvalue weighted by molar-refractivity contribution is -0.385. The molecule has 1 heterocycles. The fourth-order valence-corrected chi connectivity index (χ4v) is 2.81. The maximum Gasteiger partial charge on any atom is 0.271 e. The van der Waals surface area contributed by atoms with Gasteiger partial charge in [-0.2, -0.15) is 0 Å². The molecule has 2 atom stereocenters. The number of carbonyl (C=O) groups excluding carboxylic acids is 1. The normalized spacial score (nSPS) is 22.6. The minimum absolute atomic E-state index is 0.0931. The fraction of sp³-hybridized carbons (Fsp3) is 0.462. The van der Waals surface area contributed by atoms with Crippen LogP contribution in [0.5, 0.6) is 0 Å². The first-order valence-electron chi connectivity index (χ1n) is 6.38.